The molecule has 6 heteroatoms. The van der Waals surface area contributed by atoms with E-state index in [4.69, 9.17) is 9.47 Å². The van der Waals surface area contributed by atoms with Crippen molar-refractivity contribution >= 4 is 5.97 Å². The van der Waals surface area contributed by atoms with Crippen molar-refractivity contribution in [3.8, 4) is 0 Å². The van der Waals surface area contributed by atoms with Gasteiger partial charge < -0.3 is 14.6 Å². The molecule has 102 valence electrons. The molecule has 18 heavy (non-hydrogen) atoms. The maximum absolute atomic E-state index is 11.4. The van der Waals surface area contributed by atoms with E-state index in [1.165, 1.54) is 7.11 Å². The SMILES string of the molecule is CO[C@H]1C(=O)O[C@@H]([C@@H](/C=C/C(C)(C)C)N=O)[C@H]1O. The summed E-state index contributed by atoms with van der Waals surface area (Å²) in [7, 11) is 1.30. The number of nitroso groups, excluding NO2 is 1. The summed E-state index contributed by atoms with van der Waals surface area (Å²) in [5.74, 6) is -0.673. The van der Waals surface area contributed by atoms with E-state index < -0.39 is 30.3 Å². The standard InChI is InChI=1S/C12H19NO5/c1-12(2,3)6-5-7(13-16)9-8(14)10(17-4)11(15)18-9/h5-10,14H,1-4H3/b6-5+/t7-,8-,9+,10-/m1/s1. The number of aliphatic hydroxyl groups is 1. The van der Waals surface area contributed by atoms with Gasteiger partial charge in [0.15, 0.2) is 12.2 Å². The third-order valence-electron chi connectivity index (χ3n) is 2.64. The number of rotatable bonds is 4. The average molecular weight is 257 g/mol. The highest BCUT2D eigenvalue weighted by Gasteiger charge is 2.47. The van der Waals surface area contributed by atoms with E-state index in [9.17, 15) is 14.8 Å². The van der Waals surface area contributed by atoms with Crippen LogP contribution >= 0.6 is 0 Å². The molecule has 1 aliphatic heterocycles. The first-order chi connectivity index (χ1) is 8.30. The predicted molar refractivity (Wildman–Crippen MR) is 64.9 cm³/mol. The first-order valence-corrected chi connectivity index (χ1v) is 5.73. The minimum absolute atomic E-state index is 0.128. The lowest BCUT2D eigenvalue weighted by atomic mass is 9.94. The van der Waals surface area contributed by atoms with Crippen molar-refractivity contribution in [2.45, 2.75) is 45.1 Å². The topological polar surface area (TPSA) is 85.2 Å². The molecule has 0 aromatic rings. The summed E-state index contributed by atoms with van der Waals surface area (Å²) in [5, 5.41) is 12.7. The highest BCUT2D eigenvalue weighted by atomic mass is 16.6. The Morgan fingerprint density at radius 2 is 2.11 bits per heavy atom. The number of cyclic esters (lactones) is 1. The molecular weight excluding hydrogens is 238 g/mol. The van der Waals surface area contributed by atoms with E-state index in [1.54, 1.807) is 12.2 Å². The fourth-order valence-corrected chi connectivity index (χ4v) is 1.68. The van der Waals surface area contributed by atoms with E-state index >= 15 is 0 Å². The number of esters is 1. The molecule has 0 radical (unpaired) electrons. The van der Waals surface area contributed by atoms with Crippen LogP contribution in [-0.2, 0) is 14.3 Å². The van der Waals surface area contributed by atoms with Crippen molar-refractivity contribution < 1.29 is 19.4 Å². The Morgan fingerprint density at radius 1 is 1.50 bits per heavy atom. The first-order valence-electron chi connectivity index (χ1n) is 5.73. The molecule has 0 aromatic heterocycles. The maximum Gasteiger partial charge on any atom is 0.338 e. The van der Waals surface area contributed by atoms with E-state index in [1.807, 2.05) is 20.8 Å². The van der Waals surface area contributed by atoms with Gasteiger partial charge in [-0.05, 0) is 5.41 Å². The molecule has 1 aliphatic rings. The zero-order valence-electron chi connectivity index (χ0n) is 11.0. The third-order valence-corrected chi connectivity index (χ3v) is 2.64. The number of carbonyl (C=O) groups excluding carboxylic acids is 1. The van der Waals surface area contributed by atoms with Crippen LogP contribution in [0.25, 0.3) is 0 Å². The van der Waals surface area contributed by atoms with Crippen molar-refractivity contribution in [1.82, 2.24) is 0 Å². The Hall–Kier alpha value is -1.27. The first kappa shape index (κ1) is 14.8. The molecule has 1 N–H and O–H groups in total. The number of hydrogen-bond acceptors (Lipinski definition) is 6. The molecule has 0 unspecified atom stereocenters. The lowest BCUT2D eigenvalue weighted by molar-refractivity contribution is -0.148. The van der Waals surface area contributed by atoms with Crippen LogP contribution < -0.4 is 0 Å². The number of nitrogens with zero attached hydrogens (tertiary/aromatic N) is 1. The molecule has 0 saturated carbocycles. The molecule has 1 saturated heterocycles. The van der Waals surface area contributed by atoms with Gasteiger partial charge in [0.05, 0.1) is 0 Å². The number of allylic oxidation sites excluding steroid dienone is 1. The smallest absolute Gasteiger partial charge is 0.338 e. The van der Waals surface area contributed by atoms with Gasteiger partial charge in [-0.2, -0.15) is 4.91 Å². The molecule has 4 atom stereocenters. The van der Waals surface area contributed by atoms with Crippen molar-refractivity contribution in [2.24, 2.45) is 10.6 Å². The average Bonchev–Trinajstić information content (AvgIpc) is 2.54. The summed E-state index contributed by atoms with van der Waals surface area (Å²) in [6.45, 7) is 5.88. The largest absolute Gasteiger partial charge is 0.455 e. The number of methoxy groups -OCH3 is 1. The fourth-order valence-electron chi connectivity index (χ4n) is 1.68. The van der Waals surface area contributed by atoms with Gasteiger partial charge in [-0.25, -0.2) is 4.79 Å². The Kier molecular flexibility index (Phi) is 4.59. The summed E-state index contributed by atoms with van der Waals surface area (Å²) in [4.78, 5) is 22.2. The van der Waals surface area contributed by atoms with Crippen LogP contribution in [-0.4, -0.2) is 42.5 Å². The molecule has 6 nitrogen and oxygen atoms in total. The van der Waals surface area contributed by atoms with E-state index in [0.29, 0.717) is 0 Å². The van der Waals surface area contributed by atoms with Crippen molar-refractivity contribution in [1.29, 1.82) is 0 Å². The fraction of sp³-hybridized carbons (Fsp3) is 0.750. The second-order valence-corrected chi connectivity index (χ2v) is 5.37. The summed E-state index contributed by atoms with van der Waals surface area (Å²) in [6, 6.07) is -0.914. The van der Waals surface area contributed by atoms with Crippen molar-refractivity contribution in [2.75, 3.05) is 7.11 Å². The van der Waals surface area contributed by atoms with Gasteiger partial charge in [0, 0.05) is 7.11 Å². The summed E-state index contributed by atoms with van der Waals surface area (Å²) in [6.07, 6.45) is 0.113. The molecule has 0 bridgehead atoms. The second kappa shape index (κ2) is 5.58. The molecule has 1 rings (SSSR count). The molecule has 1 heterocycles. The molecule has 0 aliphatic carbocycles. The minimum atomic E-state index is -1.19. The lowest BCUT2D eigenvalue weighted by Crippen LogP contribution is -2.37. The van der Waals surface area contributed by atoms with Gasteiger partial charge in [0.25, 0.3) is 0 Å². The Bertz CT molecular complexity index is 347. The van der Waals surface area contributed by atoms with Crippen LogP contribution in [0.3, 0.4) is 0 Å². The van der Waals surface area contributed by atoms with Gasteiger partial charge in [0.2, 0.25) is 0 Å². The predicted octanol–water partition coefficient (Wildman–Crippen LogP) is 1.02. The molecular formula is C12H19NO5. The second-order valence-electron chi connectivity index (χ2n) is 5.37. The van der Waals surface area contributed by atoms with E-state index in [-0.39, 0.29) is 5.41 Å². The molecule has 1 fully saturated rings. The third kappa shape index (κ3) is 3.36. The van der Waals surface area contributed by atoms with Crippen LogP contribution in [0.15, 0.2) is 17.3 Å². The van der Waals surface area contributed by atoms with Gasteiger partial charge >= 0.3 is 5.97 Å². The quantitative estimate of drug-likeness (QED) is 0.462. The number of ether oxygens (including phenoxy) is 2. The molecule has 0 amide bonds. The van der Waals surface area contributed by atoms with Gasteiger partial charge in [0.1, 0.15) is 12.1 Å². The van der Waals surface area contributed by atoms with E-state index in [0.717, 1.165) is 0 Å². The van der Waals surface area contributed by atoms with Crippen LogP contribution in [0.5, 0.6) is 0 Å². The number of carbonyl (C=O) groups is 1. The van der Waals surface area contributed by atoms with Gasteiger partial charge in [-0.3, -0.25) is 0 Å². The maximum atomic E-state index is 11.4. The van der Waals surface area contributed by atoms with Crippen molar-refractivity contribution in [3.63, 3.8) is 0 Å². The highest BCUT2D eigenvalue weighted by molar-refractivity contribution is 5.78. The Morgan fingerprint density at radius 3 is 2.50 bits per heavy atom. The molecule has 0 aromatic carbocycles. The number of hydrogen-bond donors (Lipinski definition) is 1. The van der Waals surface area contributed by atoms with E-state index in [2.05, 4.69) is 5.18 Å². The van der Waals surface area contributed by atoms with Gasteiger partial charge in [-0.1, -0.05) is 38.1 Å². The summed E-state index contributed by atoms with van der Waals surface area (Å²) >= 11 is 0. The van der Waals surface area contributed by atoms with Crippen LogP contribution in [0.2, 0.25) is 0 Å². The highest BCUT2D eigenvalue weighted by Crippen LogP contribution is 2.24. The summed E-state index contributed by atoms with van der Waals surface area (Å²) < 4.78 is 9.75. The zero-order valence-corrected chi connectivity index (χ0v) is 11.0. The van der Waals surface area contributed by atoms with Crippen LogP contribution in [0.4, 0.5) is 0 Å². The van der Waals surface area contributed by atoms with Crippen LogP contribution in [0, 0.1) is 10.3 Å². The monoisotopic (exact) mass is 257 g/mol. The minimum Gasteiger partial charge on any atom is -0.455 e. The number of aliphatic hydroxyl groups excluding tert-OH is 1. The van der Waals surface area contributed by atoms with Crippen molar-refractivity contribution in [3.05, 3.63) is 17.1 Å². The normalized spacial score (nSPS) is 30.5. The van der Waals surface area contributed by atoms with Crippen LogP contribution in [0.1, 0.15) is 20.8 Å². The summed E-state index contributed by atoms with van der Waals surface area (Å²) in [5.41, 5.74) is -0.128. The van der Waals surface area contributed by atoms with Gasteiger partial charge in [-0.15, -0.1) is 0 Å². The Balaban J connectivity index is 2.82. The zero-order chi connectivity index (χ0) is 13.9. The lowest BCUT2D eigenvalue weighted by Gasteiger charge is -2.18. The Labute approximate surface area is 106 Å². The molecule has 0 spiro atoms.